The van der Waals surface area contributed by atoms with Gasteiger partial charge in [0.05, 0.1) is 18.2 Å². The molecule has 102 valence electrons. The summed E-state index contributed by atoms with van der Waals surface area (Å²) in [6.07, 6.45) is -0.268. The zero-order chi connectivity index (χ0) is 13.5. The first-order valence-corrected chi connectivity index (χ1v) is 7.16. The summed E-state index contributed by atoms with van der Waals surface area (Å²) in [4.78, 5) is 4.54. The Morgan fingerprint density at radius 1 is 0.750 bits per heavy atom. The minimum absolute atomic E-state index is 0.268. The molecule has 2 aromatic rings. The predicted octanol–water partition coefficient (Wildman–Crippen LogP) is 2.12. The summed E-state index contributed by atoms with van der Waals surface area (Å²) in [7, 11) is 0. The lowest BCUT2D eigenvalue weighted by Gasteiger charge is -2.12. The van der Waals surface area contributed by atoms with Gasteiger partial charge < -0.3 is 14.9 Å². The highest BCUT2D eigenvalue weighted by atomic mass is 16.3. The van der Waals surface area contributed by atoms with Gasteiger partial charge in [-0.3, -0.25) is 0 Å². The number of aliphatic hydroxyl groups is 1. The van der Waals surface area contributed by atoms with Crippen molar-refractivity contribution in [2.75, 3.05) is 22.9 Å². The van der Waals surface area contributed by atoms with Crippen molar-refractivity contribution in [1.29, 1.82) is 0 Å². The maximum atomic E-state index is 10.5. The third-order valence-electron chi connectivity index (χ3n) is 4.27. The summed E-state index contributed by atoms with van der Waals surface area (Å²) in [6.45, 7) is 1.93. The summed E-state index contributed by atoms with van der Waals surface area (Å²) in [5, 5.41) is 10.5. The molecule has 2 atom stereocenters. The average Bonchev–Trinajstić information content (AvgIpc) is 3.40. The van der Waals surface area contributed by atoms with Crippen LogP contribution in [0.25, 0.3) is 0 Å². The smallest absolute Gasteiger partial charge is 0.0980 e. The van der Waals surface area contributed by atoms with Crippen molar-refractivity contribution in [3.05, 3.63) is 60.7 Å². The van der Waals surface area contributed by atoms with E-state index in [4.69, 9.17) is 0 Å². The zero-order valence-corrected chi connectivity index (χ0v) is 11.3. The van der Waals surface area contributed by atoms with Crippen molar-refractivity contribution >= 4 is 11.4 Å². The molecule has 2 fully saturated rings. The molecule has 2 aliphatic heterocycles. The van der Waals surface area contributed by atoms with E-state index in [0.29, 0.717) is 0 Å². The molecule has 2 aliphatic rings. The summed E-state index contributed by atoms with van der Waals surface area (Å²) in [5.74, 6) is 0. The molecule has 4 rings (SSSR count). The highest BCUT2D eigenvalue weighted by Gasteiger charge is 2.50. The van der Waals surface area contributed by atoms with E-state index in [-0.39, 0.29) is 18.2 Å². The standard InChI is InChI=1S/C17H18N2O/c20-17(15-11-18(15)13-7-3-1-4-8-13)16-12-19(16)14-9-5-2-6-10-14/h1-10,15-17,20H,11-12H2. The second-order valence-corrected chi connectivity index (χ2v) is 5.60. The summed E-state index contributed by atoms with van der Waals surface area (Å²) < 4.78 is 0. The molecule has 0 bridgehead atoms. The quantitative estimate of drug-likeness (QED) is 0.859. The van der Waals surface area contributed by atoms with Crippen LogP contribution in [0.4, 0.5) is 11.4 Å². The highest BCUT2D eigenvalue weighted by Crippen LogP contribution is 2.37. The monoisotopic (exact) mass is 266 g/mol. The number of nitrogens with zero attached hydrogens (tertiary/aromatic N) is 2. The molecule has 0 aromatic heterocycles. The van der Waals surface area contributed by atoms with Crippen LogP contribution < -0.4 is 9.80 Å². The number of rotatable bonds is 4. The van der Waals surface area contributed by atoms with Gasteiger partial charge in [0.25, 0.3) is 0 Å². The molecule has 2 heterocycles. The van der Waals surface area contributed by atoms with Crippen LogP contribution in [-0.4, -0.2) is 36.4 Å². The maximum absolute atomic E-state index is 10.5. The van der Waals surface area contributed by atoms with Crippen molar-refractivity contribution in [2.24, 2.45) is 0 Å². The van der Waals surface area contributed by atoms with Gasteiger partial charge in [-0.05, 0) is 24.3 Å². The molecule has 0 spiro atoms. The van der Waals surface area contributed by atoms with Crippen molar-refractivity contribution in [1.82, 2.24) is 0 Å². The SMILES string of the molecule is OC(C1CN1c1ccccc1)C1CN1c1ccccc1. The van der Waals surface area contributed by atoms with Crippen LogP contribution in [0.1, 0.15) is 0 Å². The first kappa shape index (κ1) is 11.8. The summed E-state index contributed by atoms with van der Waals surface area (Å²) >= 11 is 0. The Bertz CT molecular complexity index is 533. The highest BCUT2D eigenvalue weighted by molar-refractivity contribution is 5.58. The Morgan fingerprint density at radius 2 is 1.15 bits per heavy atom. The fourth-order valence-electron chi connectivity index (χ4n) is 2.98. The van der Waals surface area contributed by atoms with Gasteiger partial charge >= 0.3 is 0 Å². The van der Waals surface area contributed by atoms with Crippen LogP contribution in [0, 0.1) is 0 Å². The van der Waals surface area contributed by atoms with Crippen molar-refractivity contribution in [2.45, 2.75) is 18.2 Å². The molecule has 2 aromatic carbocycles. The molecule has 20 heavy (non-hydrogen) atoms. The van der Waals surface area contributed by atoms with Gasteiger partial charge in [0.15, 0.2) is 0 Å². The normalized spacial score (nSPS) is 25.4. The van der Waals surface area contributed by atoms with Gasteiger partial charge in [-0.1, -0.05) is 36.4 Å². The molecule has 1 N–H and O–H groups in total. The molecule has 0 aliphatic carbocycles. The lowest BCUT2D eigenvalue weighted by atomic mass is 10.2. The lowest BCUT2D eigenvalue weighted by molar-refractivity contribution is 0.177. The number of anilines is 2. The Balaban J connectivity index is 1.40. The first-order valence-electron chi connectivity index (χ1n) is 7.16. The number of hydrogen-bond acceptors (Lipinski definition) is 3. The van der Waals surface area contributed by atoms with E-state index in [2.05, 4.69) is 34.1 Å². The summed E-state index contributed by atoms with van der Waals surface area (Å²) in [6, 6.07) is 21.2. The fourth-order valence-corrected chi connectivity index (χ4v) is 2.98. The van der Waals surface area contributed by atoms with Crippen LogP contribution in [0.2, 0.25) is 0 Å². The van der Waals surface area contributed by atoms with Gasteiger partial charge in [-0.2, -0.15) is 0 Å². The fraction of sp³-hybridized carbons (Fsp3) is 0.294. The summed E-state index contributed by atoms with van der Waals surface area (Å²) in [5.41, 5.74) is 2.42. The molecular weight excluding hydrogens is 248 g/mol. The molecule has 2 saturated heterocycles. The molecule has 0 radical (unpaired) electrons. The zero-order valence-electron chi connectivity index (χ0n) is 11.3. The number of hydrogen-bond donors (Lipinski definition) is 1. The number of benzene rings is 2. The number of para-hydroxylation sites is 2. The van der Waals surface area contributed by atoms with Gasteiger partial charge in [-0.15, -0.1) is 0 Å². The first-order chi connectivity index (χ1) is 9.84. The third kappa shape index (κ3) is 2.04. The second-order valence-electron chi connectivity index (χ2n) is 5.60. The van der Waals surface area contributed by atoms with Crippen molar-refractivity contribution in [3.63, 3.8) is 0 Å². The van der Waals surface area contributed by atoms with E-state index in [1.807, 2.05) is 36.4 Å². The minimum Gasteiger partial charge on any atom is -0.389 e. The van der Waals surface area contributed by atoms with Gasteiger partial charge in [0.2, 0.25) is 0 Å². The van der Waals surface area contributed by atoms with Crippen LogP contribution in [0.5, 0.6) is 0 Å². The molecule has 3 nitrogen and oxygen atoms in total. The minimum atomic E-state index is -0.268. The van der Waals surface area contributed by atoms with Crippen LogP contribution in [-0.2, 0) is 0 Å². The Labute approximate surface area is 119 Å². The largest absolute Gasteiger partial charge is 0.389 e. The molecule has 0 saturated carbocycles. The molecular formula is C17H18N2O. The second kappa shape index (κ2) is 4.53. The van der Waals surface area contributed by atoms with E-state index in [9.17, 15) is 5.11 Å². The van der Waals surface area contributed by atoms with Gasteiger partial charge in [0.1, 0.15) is 0 Å². The van der Waals surface area contributed by atoms with Gasteiger partial charge in [0, 0.05) is 24.5 Å². The van der Waals surface area contributed by atoms with E-state index in [1.54, 1.807) is 0 Å². The Morgan fingerprint density at radius 3 is 1.55 bits per heavy atom. The lowest BCUT2D eigenvalue weighted by Crippen LogP contribution is -2.27. The van der Waals surface area contributed by atoms with E-state index >= 15 is 0 Å². The van der Waals surface area contributed by atoms with Crippen molar-refractivity contribution in [3.8, 4) is 0 Å². The maximum Gasteiger partial charge on any atom is 0.0980 e. The predicted molar refractivity (Wildman–Crippen MR) is 81.2 cm³/mol. The molecule has 0 amide bonds. The van der Waals surface area contributed by atoms with E-state index in [1.165, 1.54) is 11.4 Å². The van der Waals surface area contributed by atoms with Crippen molar-refractivity contribution < 1.29 is 5.11 Å². The van der Waals surface area contributed by atoms with Crippen LogP contribution in [0.3, 0.4) is 0 Å². The number of aliphatic hydroxyl groups excluding tert-OH is 1. The van der Waals surface area contributed by atoms with Crippen LogP contribution >= 0.6 is 0 Å². The van der Waals surface area contributed by atoms with Gasteiger partial charge in [-0.25, -0.2) is 0 Å². The Hall–Kier alpha value is -2.00. The topological polar surface area (TPSA) is 26.2 Å². The molecule has 2 unspecified atom stereocenters. The average molecular weight is 266 g/mol. The third-order valence-corrected chi connectivity index (χ3v) is 4.27. The molecule has 3 heteroatoms. The Kier molecular flexibility index (Phi) is 2.67. The van der Waals surface area contributed by atoms with E-state index < -0.39 is 0 Å². The van der Waals surface area contributed by atoms with E-state index in [0.717, 1.165) is 13.1 Å². The van der Waals surface area contributed by atoms with Crippen LogP contribution in [0.15, 0.2) is 60.7 Å².